The fourth-order valence-corrected chi connectivity index (χ4v) is 2.08. The SMILES string of the molecule is O=C(Cc1ccc(Cl)cc1)NCc1ccc(NC(=O)C(F)(F)F)cc1. The molecule has 0 bridgehead atoms. The average Bonchev–Trinajstić information content (AvgIpc) is 2.55. The number of hydrogen-bond acceptors (Lipinski definition) is 2. The molecular weight excluding hydrogens is 357 g/mol. The van der Waals surface area contributed by atoms with Crippen LogP contribution >= 0.6 is 11.6 Å². The van der Waals surface area contributed by atoms with Gasteiger partial charge in [-0.25, -0.2) is 0 Å². The quantitative estimate of drug-likeness (QED) is 0.843. The van der Waals surface area contributed by atoms with Crippen LogP contribution in [0.3, 0.4) is 0 Å². The van der Waals surface area contributed by atoms with Crippen molar-refractivity contribution in [1.29, 1.82) is 0 Å². The van der Waals surface area contributed by atoms with Gasteiger partial charge in [-0.3, -0.25) is 9.59 Å². The predicted molar refractivity (Wildman–Crippen MR) is 88.1 cm³/mol. The highest BCUT2D eigenvalue weighted by atomic mass is 35.5. The predicted octanol–water partition coefficient (Wildman–Crippen LogP) is 3.70. The fourth-order valence-electron chi connectivity index (χ4n) is 1.96. The molecule has 0 saturated heterocycles. The topological polar surface area (TPSA) is 58.2 Å². The maximum absolute atomic E-state index is 12.2. The summed E-state index contributed by atoms with van der Waals surface area (Å²) in [5.74, 6) is -2.23. The minimum absolute atomic E-state index is 0.0264. The molecule has 0 fully saturated rings. The van der Waals surface area contributed by atoms with Gasteiger partial charge in [-0.1, -0.05) is 35.9 Å². The second kappa shape index (κ2) is 8.02. The highest BCUT2D eigenvalue weighted by Gasteiger charge is 2.38. The van der Waals surface area contributed by atoms with E-state index in [4.69, 9.17) is 11.6 Å². The molecule has 0 atom stereocenters. The van der Waals surface area contributed by atoms with Gasteiger partial charge in [0.25, 0.3) is 0 Å². The average molecular weight is 371 g/mol. The second-order valence-electron chi connectivity index (χ2n) is 5.23. The molecule has 0 aromatic heterocycles. The molecule has 2 aromatic rings. The van der Waals surface area contributed by atoms with E-state index in [0.29, 0.717) is 10.6 Å². The summed E-state index contributed by atoms with van der Waals surface area (Å²) in [6.07, 6.45) is -4.74. The largest absolute Gasteiger partial charge is 0.471 e. The van der Waals surface area contributed by atoms with E-state index >= 15 is 0 Å². The van der Waals surface area contributed by atoms with E-state index in [1.165, 1.54) is 24.3 Å². The third kappa shape index (κ3) is 6.11. The molecule has 0 aliphatic carbocycles. The van der Waals surface area contributed by atoms with Crippen molar-refractivity contribution in [1.82, 2.24) is 5.32 Å². The molecule has 0 radical (unpaired) electrons. The van der Waals surface area contributed by atoms with Crippen LogP contribution in [0.25, 0.3) is 0 Å². The van der Waals surface area contributed by atoms with Crippen LogP contribution in [-0.2, 0) is 22.6 Å². The molecule has 2 rings (SSSR count). The van der Waals surface area contributed by atoms with Gasteiger partial charge in [-0.2, -0.15) is 13.2 Å². The maximum Gasteiger partial charge on any atom is 0.471 e. The first-order valence-electron chi connectivity index (χ1n) is 7.22. The van der Waals surface area contributed by atoms with Gasteiger partial charge in [0.2, 0.25) is 5.91 Å². The van der Waals surface area contributed by atoms with Crippen molar-refractivity contribution in [3.05, 3.63) is 64.7 Å². The van der Waals surface area contributed by atoms with E-state index in [9.17, 15) is 22.8 Å². The van der Waals surface area contributed by atoms with Crippen molar-refractivity contribution >= 4 is 29.1 Å². The van der Waals surface area contributed by atoms with Crippen LogP contribution in [-0.4, -0.2) is 18.0 Å². The Morgan fingerprint density at radius 3 is 2.04 bits per heavy atom. The van der Waals surface area contributed by atoms with Crippen LogP contribution in [0.15, 0.2) is 48.5 Å². The number of nitrogens with one attached hydrogen (secondary N) is 2. The third-order valence-electron chi connectivity index (χ3n) is 3.24. The van der Waals surface area contributed by atoms with Gasteiger partial charge >= 0.3 is 12.1 Å². The van der Waals surface area contributed by atoms with Gasteiger partial charge in [-0.15, -0.1) is 0 Å². The van der Waals surface area contributed by atoms with E-state index < -0.39 is 12.1 Å². The Morgan fingerprint density at radius 1 is 0.920 bits per heavy atom. The molecule has 0 saturated carbocycles. The van der Waals surface area contributed by atoms with Crippen molar-refractivity contribution in [3.8, 4) is 0 Å². The van der Waals surface area contributed by atoms with E-state index in [2.05, 4.69) is 5.32 Å². The minimum Gasteiger partial charge on any atom is -0.352 e. The molecule has 132 valence electrons. The first-order valence-corrected chi connectivity index (χ1v) is 7.60. The number of benzene rings is 2. The number of anilines is 1. The molecule has 2 N–H and O–H groups in total. The lowest BCUT2D eigenvalue weighted by Crippen LogP contribution is -2.29. The van der Waals surface area contributed by atoms with Crippen LogP contribution in [0, 0.1) is 0 Å². The first-order chi connectivity index (χ1) is 11.7. The summed E-state index contributed by atoms with van der Waals surface area (Å²) < 4.78 is 36.5. The Bertz CT molecular complexity index is 744. The van der Waals surface area contributed by atoms with Crippen molar-refractivity contribution in [2.45, 2.75) is 19.1 Å². The zero-order valence-corrected chi connectivity index (χ0v) is 13.6. The van der Waals surface area contributed by atoms with Crippen molar-refractivity contribution in [3.63, 3.8) is 0 Å². The molecule has 0 aliphatic heterocycles. The van der Waals surface area contributed by atoms with Gasteiger partial charge in [0.1, 0.15) is 0 Å². The summed E-state index contributed by atoms with van der Waals surface area (Å²) in [6, 6.07) is 12.6. The van der Waals surface area contributed by atoms with E-state index in [0.717, 1.165) is 5.56 Å². The highest BCUT2D eigenvalue weighted by molar-refractivity contribution is 6.30. The first kappa shape index (κ1) is 18.8. The number of amides is 2. The maximum atomic E-state index is 12.2. The molecule has 2 amide bonds. The smallest absolute Gasteiger partial charge is 0.352 e. The summed E-state index contributed by atoms with van der Waals surface area (Å²) in [7, 11) is 0. The Balaban J connectivity index is 1.83. The lowest BCUT2D eigenvalue weighted by atomic mass is 10.1. The fraction of sp³-hybridized carbons (Fsp3) is 0.176. The summed E-state index contributed by atoms with van der Waals surface area (Å²) in [5, 5.41) is 5.04. The number of carbonyl (C=O) groups excluding carboxylic acids is 2. The highest BCUT2D eigenvalue weighted by Crippen LogP contribution is 2.18. The van der Waals surface area contributed by atoms with Gasteiger partial charge in [-0.05, 0) is 35.4 Å². The normalized spacial score (nSPS) is 11.0. The zero-order chi connectivity index (χ0) is 18.4. The Morgan fingerprint density at radius 2 is 1.48 bits per heavy atom. The number of alkyl halides is 3. The standard InChI is InChI=1S/C17H14ClF3N2O2/c18-13-5-1-11(2-6-13)9-15(24)22-10-12-3-7-14(8-4-12)23-16(25)17(19,20)21/h1-8H,9-10H2,(H,22,24)(H,23,25). The molecule has 0 unspecified atom stereocenters. The van der Waals surface area contributed by atoms with E-state index in [1.807, 2.05) is 0 Å². The molecule has 4 nitrogen and oxygen atoms in total. The number of carbonyl (C=O) groups is 2. The molecule has 25 heavy (non-hydrogen) atoms. The van der Waals surface area contributed by atoms with Crippen LogP contribution in [0.2, 0.25) is 5.02 Å². The van der Waals surface area contributed by atoms with Crippen LogP contribution in [0.1, 0.15) is 11.1 Å². The lowest BCUT2D eigenvalue weighted by Gasteiger charge is -2.09. The Kier molecular flexibility index (Phi) is 6.03. The van der Waals surface area contributed by atoms with E-state index in [1.54, 1.807) is 29.6 Å². The number of halogens is 4. The summed E-state index contributed by atoms with van der Waals surface area (Å²) in [4.78, 5) is 22.7. The van der Waals surface area contributed by atoms with Crippen molar-refractivity contribution in [2.75, 3.05) is 5.32 Å². The zero-order valence-electron chi connectivity index (χ0n) is 12.9. The van der Waals surface area contributed by atoms with Crippen LogP contribution in [0.4, 0.5) is 18.9 Å². The lowest BCUT2D eigenvalue weighted by molar-refractivity contribution is -0.167. The van der Waals surface area contributed by atoms with E-state index in [-0.39, 0.29) is 24.6 Å². The summed E-state index contributed by atoms with van der Waals surface area (Å²) in [6.45, 7) is 0.222. The molecule has 0 spiro atoms. The minimum atomic E-state index is -4.94. The summed E-state index contributed by atoms with van der Waals surface area (Å²) in [5.41, 5.74) is 1.53. The monoisotopic (exact) mass is 370 g/mol. The van der Waals surface area contributed by atoms with Crippen LogP contribution < -0.4 is 10.6 Å². The molecule has 0 heterocycles. The Labute approximate surface area is 147 Å². The molecular formula is C17H14ClF3N2O2. The third-order valence-corrected chi connectivity index (χ3v) is 3.49. The van der Waals surface area contributed by atoms with Crippen LogP contribution in [0.5, 0.6) is 0 Å². The number of hydrogen-bond donors (Lipinski definition) is 2. The number of rotatable bonds is 5. The molecule has 0 aliphatic rings. The summed E-state index contributed by atoms with van der Waals surface area (Å²) >= 11 is 5.77. The van der Waals surface area contributed by atoms with Crippen molar-refractivity contribution < 1.29 is 22.8 Å². The van der Waals surface area contributed by atoms with Gasteiger partial charge in [0.05, 0.1) is 6.42 Å². The van der Waals surface area contributed by atoms with Gasteiger partial charge < -0.3 is 10.6 Å². The van der Waals surface area contributed by atoms with Crippen molar-refractivity contribution in [2.24, 2.45) is 0 Å². The van der Waals surface area contributed by atoms with Gasteiger partial charge in [0, 0.05) is 17.3 Å². The molecule has 2 aromatic carbocycles. The van der Waals surface area contributed by atoms with Gasteiger partial charge in [0.15, 0.2) is 0 Å². The molecule has 8 heteroatoms. The Hall–Kier alpha value is -2.54. The second-order valence-corrected chi connectivity index (χ2v) is 5.67.